The zero-order valence-corrected chi connectivity index (χ0v) is 12.3. The summed E-state index contributed by atoms with van der Waals surface area (Å²) in [6.45, 7) is 0. The number of benzene rings is 1. The van der Waals surface area contributed by atoms with Gasteiger partial charge in [0.05, 0.1) is 11.5 Å². The van der Waals surface area contributed by atoms with Crippen LogP contribution in [0.25, 0.3) is 0 Å². The summed E-state index contributed by atoms with van der Waals surface area (Å²) in [6, 6.07) is 3.65. The molecule has 6 nitrogen and oxygen atoms in total. The molecule has 2 aliphatic rings. The number of hydrogen-bond donors (Lipinski definition) is 1. The Morgan fingerprint density at radius 2 is 2.14 bits per heavy atom. The van der Waals surface area contributed by atoms with Gasteiger partial charge < -0.3 is 5.11 Å². The van der Waals surface area contributed by atoms with Gasteiger partial charge >= 0.3 is 5.97 Å². The smallest absolute Gasteiger partial charge is 0.308 e. The summed E-state index contributed by atoms with van der Waals surface area (Å²) >= 11 is 0. The van der Waals surface area contributed by atoms with Gasteiger partial charge in [-0.15, -0.1) is 0 Å². The topological polar surface area (TPSA) is 98.5 Å². The third-order valence-electron chi connectivity index (χ3n) is 4.41. The Morgan fingerprint density at radius 3 is 2.73 bits per heavy atom. The van der Waals surface area contributed by atoms with Gasteiger partial charge in [0.25, 0.3) is 0 Å². The van der Waals surface area contributed by atoms with Gasteiger partial charge in [0.1, 0.15) is 16.8 Å². The molecule has 3 atom stereocenters. The average Bonchev–Trinajstić information content (AvgIpc) is 3.05. The molecule has 1 aromatic carbocycles. The van der Waals surface area contributed by atoms with Crippen LogP contribution in [0.5, 0.6) is 0 Å². The lowest BCUT2D eigenvalue weighted by Crippen LogP contribution is -2.38. The van der Waals surface area contributed by atoms with E-state index < -0.39 is 33.8 Å². The minimum absolute atomic E-state index is 0.265. The van der Waals surface area contributed by atoms with E-state index in [9.17, 15) is 22.7 Å². The van der Waals surface area contributed by atoms with E-state index in [-0.39, 0.29) is 22.9 Å². The van der Waals surface area contributed by atoms with Crippen molar-refractivity contribution in [2.24, 2.45) is 5.92 Å². The molecule has 2 bridgehead atoms. The number of halogens is 1. The summed E-state index contributed by atoms with van der Waals surface area (Å²) in [5.74, 6) is -2.42. The highest BCUT2D eigenvalue weighted by molar-refractivity contribution is 7.89. The molecule has 0 aromatic heterocycles. The Labute approximate surface area is 126 Å². The van der Waals surface area contributed by atoms with Crippen molar-refractivity contribution in [3.63, 3.8) is 0 Å². The summed E-state index contributed by atoms with van der Waals surface area (Å²) in [5, 5.41) is 18.2. The van der Waals surface area contributed by atoms with E-state index in [1.807, 2.05) is 0 Å². The Kier molecular flexibility index (Phi) is 3.42. The molecule has 22 heavy (non-hydrogen) atoms. The summed E-state index contributed by atoms with van der Waals surface area (Å²) in [7, 11) is -4.02. The first-order valence-electron chi connectivity index (χ1n) is 6.82. The molecule has 0 radical (unpaired) electrons. The van der Waals surface area contributed by atoms with Crippen molar-refractivity contribution in [1.29, 1.82) is 5.26 Å². The molecule has 2 fully saturated rings. The Morgan fingerprint density at radius 1 is 1.41 bits per heavy atom. The molecule has 0 saturated carbocycles. The third-order valence-corrected chi connectivity index (χ3v) is 6.44. The van der Waals surface area contributed by atoms with Gasteiger partial charge in [-0.2, -0.15) is 9.57 Å². The predicted octanol–water partition coefficient (Wildman–Crippen LogP) is 1.32. The van der Waals surface area contributed by atoms with Gasteiger partial charge in [0.15, 0.2) is 0 Å². The van der Waals surface area contributed by atoms with Crippen LogP contribution in [0.3, 0.4) is 0 Å². The maximum atomic E-state index is 13.2. The number of sulfonamides is 1. The number of nitrogens with zero attached hydrogens (tertiary/aromatic N) is 2. The van der Waals surface area contributed by atoms with Crippen LogP contribution in [0.1, 0.15) is 24.8 Å². The summed E-state index contributed by atoms with van der Waals surface area (Å²) in [5.41, 5.74) is -0.266. The Hall–Kier alpha value is -1.98. The van der Waals surface area contributed by atoms with Crippen LogP contribution < -0.4 is 0 Å². The van der Waals surface area contributed by atoms with Crippen molar-refractivity contribution >= 4 is 16.0 Å². The molecular weight excluding hydrogens is 311 g/mol. The number of carboxylic acid groups (broad SMARTS) is 1. The minimum Gasteiger partial charge on any atom is -0.481 e. The first kappa shape index (κ1) is 14.9. The molecule has 0 spiro atoms. The lowest BCUT2D eigenvalue weighted by molar-refractivity contribution is -0.142. The number of nitriles is 1. The van der Waals surface area contributed by atoms with Crippen molar-refractivity contribution in [2.45, 2.75) is 36.2 Å². The highest BCUT2D eigenvalue weighted by Gasteiger charge is 2.54. The van der Waals surface area contributed by atoms with Crippen LogP contribution in [0, 0.1) is 23.1 Å². The lowest BCUT2D eigenvalue weighted by Gasteiger charge is -2.23. The van der Waals surface area contributed by atoms with Gasteiger partial charge in [-0.05, 0) is 37.5 Å². The molecule has 2 heterocycles. The summed E-state index contributed by atoms with van der Waals surface area (Å²) in [4.78, 5) is 11.0. The number of carboxylic acids is 1. The van der Waals surface area contributed by atoms with Crippen LogP contribution in [-0.4, -0.2) is 35.9 Å². The molecule has 2 aliphatic heterocycles. The van der Waals surface area contributed by atoms with Crippen LogP contribution in [0.15, 0.2) is 23.1 Å². The number of aliphatic carboxylic acids is 1. The van der Waals surface area contributed by atoms with Crippen molar-refractivity contribution < 1.29 is 22.7 Å². The Bertz CT molecular complexity index is 787. The van der Waals surface area contributed by atoms with E-state index in [1.165, 1.54) is 4.31 Å². The molecule has 1 N–H and O–H groups in total. The van der Waals surface area contributed by atoms with Crippen LogP contribution in [-0.2, 0) is 14.8 Å². The quantitative estimate of drug-likeness (QED) is 0.904. The second-order valence-electron chi connectivity index (χ2n) is 5.57. The summed E-state index contributed by atoms with van der Waals surface area (Å²) in [6.07, 6.45) is 1.38. The number of fused-ring (bicyclic) bond motifs is 2. The predicted molar refractivity (Wildman–Crippen MR) is 72.7 cm³/mol. The van der Waals surface area contributed by atoms with Gasteiger partial charge in [-0.1, -0.05) is 0 Å². The number of rotatable bonds is 3. The zero-order chi connectivity index (χ0) is 16.1. The Balaban J connectivity index is 2.05. The average molecular weight is 324 g/mol. The molecule has 2 saturated heterocycles. The van der Waals surface area contributed by atoms with E-state index in [1.54, 1.807) is 6.07 Å². The van der Waals surface area contributed by atoms with Gasteiger partial charge in [0.2, 0.25) is 10.0 Å². The molecule has 3 rings (SSSR count). The maximum absolute atomic E-state index is 13.2. The van der Waals surface area contributed by atoms with Crippen molar-refractivity contribution in [2.75, 3.05) is 0 Å². The lowest BCUT2D eigenvalue weighted by atomic mass is 9.89. The SMILES string of the molecule is N#Cc1cc(F)ccc1S(=O)(=O)N1C2CCC1C(C(=O)O)C2. The second-order valence-corrected chi connectivity index (χ2v) is 7.38. The van der Waals surface area contributed by atoms with Crippen LogP contribution in [0.4, 0.5) is 4.39 Å². The zero-order valence-electron chi connectivity index (χ0n) is 11.4. The number of hydrogen-bond acceptors (Lipinski definition) is 4. The molecule has 0 aliphatic carbocycles. The minimum atomic E-state index is -4.02. The van der Waals surface area contributed by atoms with Gasteiger partial charge in [0, 0.05) is 12.1 Å². The van der Waals surface area contributed by atoms with Gasteiger partial charge in [-0.25, -0.2) is 12.8 Å². The second kappa shape index (κ2) is 5.04. The molecule has 3 unspecified atom stereocenters. The fraction of sp³-hybridized carbons (Fsp3) is 0.429. The van der Waals surface area contributed by atoms with Crippen molar-refractivity contribution in [1.82, 2.24) is 4.31 Å². The third kappa shape index (κ3) is 2.09. The highest BCUT2D eigenvalue weighted by atomic mass is 32.2. The first-order chi connectivity index (χ1) is 10.4. The monoisotopic (exact) mass is 324 g/mol. The van der Waals surface area contributed by atoms with Gasteiger partial charge in [-0.3, -0.25) is 4.79 Å². The van der Waals surface area contributed by atoms with E-state index in [2.05, 4.69) is 0 Å². The fourth-order valence-electron chi connectivity index (χ4n) is 3.51. The van der Waals surface area contributed by atoms with E-state index in [0.717, 1.165) is 18.2 Å². The highest BCUT2D eigenvalue weighted by Crippen LogP contribution is 2.45. The van der Waals surface area contributed by atoms with E-state index in [0.29, 0.717) is 12.8 Å². The normalized spacial score (nSPS) is 27.7. The first-order valence-corrected chi connectivity index (χ1v) is 8.26. The molecule has 0 amide bonds. The maximum Gasteiger partial charge on any atom is 0.308 e. The van der Waals surface area contributed by atoms with Crippen LogP contribution in [0.2, 0.25) is 0 Å². The summed E-state index contributed by atoms with van der Waals surface area (Å²) < 4.78 is 40.0. The molecular formula is C14H13FN2O4S. The fourth-order valence-corrected chi connectivity index (χ4v) is 5.55. The molecule has 116 valence electrons. The van der Waals surface area contributed by atoms with Crippen molar-refractivity contribution in [3.05, 3.63) is 29.6 Å². The van der Waals surface area contributed by atoms with Crippen molar-refractivity contribution in [3.8, 4) is 6.07 Å². The molecule has 1 aromatic rings. The van der Waals surface area contributed by atoms with E-state index in [4.69, 9.17) is 5.26 Å². The standard InChI is InChI=1S/C14H13FN2O4S/c15-9-1-4-13(8(5-9)7-16)22(20,21)17-10-2-3-12(17)11(6-10)14(18)19/h1,4-5,10-12H,2-3,6H2,(H,18,19). The van der Waals surface area contributed by atoms with E-state index >= 15 is 0 Å². The van der Waals surface area contributed by atoms with Crippen LogP contribution >= 0.6 is 0 Å². The molecule has 8 heteroatoms. The largest absolute Gasteiger partial charge is 0.481 e. The number of carbonyl (C=O) groups is 1.